The zero-order chi connectivity index (χ0) is 13.4. The zero-order valence-corrected chi connectivity index (χ0v) is 11.1. The first-order chi connectivity index (χ1) is 8.65. The van der Waals surface area contributed by atoms with Crippen molar-refractivity contribution in [2.75, 3.05) is 13.7 Å². The maximum absolute atomic E-state index is 11.6. The molecule has 0 aromatic heterocycles. The summed E-state index contributed by atoms with van der Waals surface area (Å²) in [6.07, 6.45) is 3.46. The van der Waals surface area contributed by atoms with Gasteiger partial charge in [0.2, 0.25) is 0 Å². The molecule has 1 saturated heterocycles. The molecule has 0 amide bonds. The van der Waals surface area contributed by atoms with Gasteiger partial charge in [0.15, 0.2) is 6.29 Å². The number of rotatable bonds is 7. The summed E-state index contributed by atoms with van der Waals surface area (Å²) in [5, 5.41) is 0. The fourth-order valence-corrected chi connectivity index (χ4v) is 1.88. The topological polar surface area (TPSA) is 61.8 Å². The molecule has 104 valence electrons. The largest absolute Gasteiger partial charge is 0.469 e. The summed E-state index contributed by atoms with van der Waals surface area (Å²) >= 11 is 0. The van der Waals surface area contributed by atoms with Crippen LogP contribution in [0.3, 0.4) is 0 Å². The fourth-order valence-electron chi connectivity index (χ4n) is 1.88. The third-order valence-corrected chi connectivity index (χ3v) is 2.96. The Labute approximate surface area is 108 Å². The van der Waals surface area contributed by atoms with Crippen molar-refractivity contribution >= 4 is 11.8 Å². The second kappa shape index (κ2) is 8.21. The van der Waals surface area contributed by atoms with Gasteiger partial charge in [0, 0.05) is 13.0 Å². The van der Waals surface area contributed by atoms with Crippen molar-refractivity contribution < 1.29 is 23.8 Å². The average Bonchev–Trinajstić information content (AvgIpc) is 2.38. The van der Waals surface area contributed by atoms with E-state index in [2.05, 4.69) is 4.74 Å². The predicted molar refractivity (Wildman–Crippen MR) is 65.0 cm³/mol. The van der Waals surface area contributed by atoms with Gasteiger partial charge in [-0.1, -0.05) is 6.92 Å². The molecule has 5 nitrogen and oxygen atoms in total. The normalized spacial score (nSPS) is 21.3. The lowest BCUT2D eigenvalue weighted by Crippen LogP contribution is -2.29. The minimum Gasteiger partial charge on any atom is -0.469 e. The molecule has 0 radical (unpaired) electrons. The molecular formula is C13H22O5. The number of carbonyl (C=O) groups is 2. The van der Waals surface area contributed by atoms with Crippen LogP contribution in [0.1, 0.15) is 45.4 Å². The molecule has 18 heavy (non-hydrogen) atoms. The van der Waals surface area contributed by atoms with E-state index in [1.165, 1.54) is 7.11 Å². The number of hydrogen-bond acceptors (Lipinski definition) is 5. The smallest absolute Gasteiger partial charge is 0.313 e. The molecule has 1 heterocycles. The van der Waals surface area contributed by atoms with Crippen molar-refractivity contribution in [1.82, 2.24) is 0 Å². The molecule has 0 spiro atoms. The molecule has 1 rings (SSSR count). The lowest BCUT2D eigenvalue weighted by Gasteiger charge is -2.27. The summed E-state index contributed by atoms with van der Waals surface area (Å²) in [6, 6.07) is 0. The molecular weight excluding hydrogens is 236 g/mol. The Balaban J connectivity index is 2.31. The molecule has 5 heteroatoms. The molecule has 1 unspecified atom stereocenters. The van der Waals surface area contributed by atoms with Crippen molar-refractivity contribution in [3.63, 3.8) is 0 Å². The molecule has 1 fully saturated rings. The second-order valence-corrected chi connectivity index (χ2v) is 4.46. The van der Waals surface area contributed by atoms with E-state index in [0.717, 1.165) is 32.3 Å². The highest BCUT2D eigenvalue weighted by Gasteiger charge is 2.21. The standard InChI is InChI=1S/C13H22O5/c1-3-11(8-10(14)9-12(15)16-2)18-13-6-4-5-7-17-13/h11,13H,3-9H2,1-2H3/t11-,13?/m1/s1. The van der Waals surface area contributed by atoms with Gasteiger partial charge in [-0.2, -0.15) is 0 Å². The van der Waals surface area contributed by atoms with Crippen molar-refractivity contribution in [3.8, 4) is 0 Å². The lowest BCUT2D eigenvalue weighted by molar-refractivity contribution is -0.190. The zero-order valence-electron chi connectivity index (χ0n) is 11.1. The van der Waals surface area contributed by atoms with Crippen LogP contribution in [-0.2, 0) is 23.8 Å². The highest BCUT2D eigenvalue weighted by atomic mass is 16.7. The van der Waals surface area contributed by atoms with E-state index >= 15 is 0 Å². The maximum Gasteiger partial charge on any atom is 0.313 e. The van der Waals surface area contributed by atoms with Crippen LogP contribution in [0.15, 0.2) is 0 Å². The van der Waals surface area contributed by atoms with Crippen LogP contribution in [0.2, 0.25) is 0 Å². The lowest BCUT2D eigenvalue weighted by atomic mass is 10.1. The average molecular weight is 258 g/mol. The Morgan fingerprint density at radius 3 is 2.72 bits per heavy atom. The van der Waals surface area contributed by atoms with Crippen molar-refractivity contribution in [2.45, 2.75) is 57.8 Å². The Morgan fingerprint density at radius 1 is 1.39 bits per heavy atom. The number of Topliss-reactive ketones (excluding diaryl/α,β-unsaturated/α-hetero) is 1. The van der Waals surface area contributed by atoms with Crippen molar-refractivity contribution in [2.24, 2.45) is 0 Å². The van der Waals surface area contributed by atoms with E-state index in [1.807, 2.05) is 6.92 Å². The molecule has 1 aliphatic rings. The third kappa shape index (κ3) is 5.60. The summed E-state index contributed by atoms with van der Waals surface area (Å²) in [6.45, 7) is 2.68. The van der Waals surface area contributed by atoms with Gasteiger partial charge in [-0.05, 0) is 25.7 Å². The van der Waals surface area contributed by atoms with Gasteiger partial charge in [0.05, 0.1) is 13.2 Å². The number of esters is 1. The van der Waals surface area contributed by atoms with Gasteiger partial charge in [-0.25, -0.2) is 0 Å². The molecule has 1 aliphatic heterocycles. The Morgan fingerprint density at radius 2 is 2.17 bits per heavy atom. The maximum atomic E-state index is 11.6. The van der Waals surface area contributed by atoms with E-state index in [1.54, 1.807) is 0 Å². The van der Waals surface area contributed by atoms with E-state index in [0.29, 0.717) is 0 Å². The van der Waals surface area contributed by atoms with E-state index in [9.17, 15) is 9.59 Å². The first-order valence-corrected chi connectivity index (χ1v) is 6.51. The van der Waals surface area contributed by atoms with E-state index in [-0.39, 0.29) is 31.0 Å². The molecule has 0 aromatic carbocycles. The molecule has 0 N–H and O–H groups in total. The highest BCUT2D eigenvalue weighted by Crippen LogP contribution is 2.18. The number of carbonyl (C=O) groups excluding carboxylic acids is 2. The summed E-state index contributed by atoms with van der Waals surface area (Å²) < 4.78 is 15.7. The number of ether oxygens (including phenoxy) is 3. The highest BCUT2D eigenvalue weighted by molar-refractivity contribution is 5.95. The van der Waals surface area contributed by atoms with Crippen LogP contribution in [0, 0.1) is 0 Å². The van der Waals surface area contributed by atoms with E-state index < -0.39 is 5.97 Å². The van der Waals surface area contributed by atoms with E-state index in [4.69, 9.17) is 9.47 Å². The molecule has 0 aliphatic carbocycles. The van der Waals surface area contributed by atoms with Crippen LogP contribution in [0.5, 0.6) is 0 Å². The molecule has 0 aromatic rings. The van der Waals surface area contributed by atoms with Gasteiger partial charge in [-0.3, -0.25) is 9.59 Å². The predicted octanol–water partition coefficient (Wildman–Crippen LogP) is 1.83. The number of hydrogen-bond donors (Lipinski definition) is 0. The van der Waals surface area contributed by atoms with Crippen LogP contribution in [0.25, 0.3) is 0 Å². The van der Waals surface area contributed by atoms with Crippen molar-refractivity contribution in [3.05, 3.63) is 0 Å². The van der Waals surface area contributed by atoms with Crippen LogP contribution < -0.4 is 0 Å². The molecule has 2 atom stereocenters. The molecule has 0 saturated carbocycles. The van der Waals surface area contributed by atoms with Gasteiger partial charge >= 0.3 is 5.97 Å². The van der Waals surface area contributed by atoms with Gasteiger partial charge in [-0.15, -0.1) is 0 Å². The summed E-state index contributed by atoms with van der Waals surface area (Å²) in [5.41, 5.74) is 0. The Hall–Kier alpha value is -0.940. The van der Waals surface area contributed by atoms with Crippen LogP contribution in [0.4, 0.5) is 0 Å². The fraction of sp³-hybridized carbons (Fsp3) is 0.846. The van der Waals surface area contributed by atoms with Crippen molar-refractivity contribution in [1.29, 1.82) is 0 Å². The third-order valence-electron chi connectivity index (χ3n) is 2.96. The van der Waals surface area contributed by atoms with Gasteiger partial charge in [0.1, 0.15) is 12.2 Å². The first-order valence-electron chi connectivity index (χ1n) is 6.51. The number of methoxy groups -OCH3 is 1. The van der Waals surface area contributed by atoms with Gasteiger partial charge in [0.25, 0.3) is 0 Å². The molecule has 0 bridgehead atoms. The second-order valence-electron chi connectivity index (χ2n) is 4.46. The monoisotopic (exact) mass is 258 g/mol. The van der Waals surface area contributed by atoms with Crippen LogP contribution >= 0.6 is 0 Å². The first kappa shape index (κ1) is 15.1. The number of ketones is 1. The Kier molecular flexibility index (Phi) is 6.90. The quantitative estimate of drug-likeness (QED) is 0.515. The minimum atomic E-state index is -0.497. The van der Waals surface area contributed by atoms with Crippen LogP contribution in [-0.4, -0.2) is 37.9 Å². The van der Waals surface area contributed by atoms with Gasteiger partial charge < -0.3 is 14.2 Å². The summed E-state index contributed by atoms with van der Waals surface area (Å²) in [5.74, 6) is -0.645. The summed E-state index contributed by atoms with van der Waals surface area (Å²) in [7, 11) is 1.28. The SMILES string of the molecule is CC[C@H](CC(=O)CC(=O)OC)OC1CCCCO1. The Bertz CT molecular complexity index is 271. The summed E-state index contributed by atoms with van der Waals surface area (Å²) in [4.78, 5) is 22.6. The minimum absolute atomic E-state index is 0.149.